The number of nitrogens with zero attached hydrogens (tertiary/aromatic N) is 1. The maximum Gasteiger partial charge on any atom is 0.339 e. The molecule has 1 aromatic rings. The lowest BCUT2D eigenvalue weighted by Crippen LogP contribution is -2.38. The highest BCUT2D eigenvalue weighted by molar-refractivity contribution is 7.80. The van der Waals surface area contributed by atoms with E-state index in [4.69, 9.17) is 33.3 Å². The van der Waals surface area contributed by atoms with Crippen LogP contribution in [0.3, 0.4) is 0 Å². The van der Waals surface area contributed by atoms with Crippen LogP contribution in [-0.2, 0) is 9.47 Å². The monoisotopic (exact) mass is 371 g/mol. The molecule has 0 saturated carbocycles. The third kappa shape index (κ3) is 5.90. The maximum absolute atomic E-state index is 11.6. The zero-order valence-corrected chi connectivity index (χ0v) is 15.2. The average molecular weight is 372 g/mol. The Hall–Kier alpha value is -1.41. The molecule has 132 valence electrons. The average Bonchev–Trinajstić information content (AvgIpc) is 2.60. The third-order valence-electron chi connectivity index (χ3n) is 3.67. The normalized spacial score (nSPS) is 14.9. The molecule has 1 saturated heterocycles. The van der Waals surface area contributed by atoms with Gasteiger partial charge in [0.25, 0.3) is 0 Å². The number of anilines is 1. The van der Waals surface area contributed by atoms with E-state index in [9.17, 15) is 4.79 Å². The van der Waals surface area contributed by atoms with Gasteiger partial charge in [-0.3, -0.25) is 4.90 Å². The van der Waals surface area contributed by atoms with Gasteiger partial charge in [-0.25, -0.2) is 4.79 Å². The molecule has 6 nitrogen and oxygen atoms in total. The van der Waals surface area contributed by atoms with Gasteiger partial charge in [-0.15, -0.1) is 0 Å². The molecule has 1 aromatic carbocycles. The van der Waals surface area contributed by atoms with E-state index in [0.29, 0.717) is 21.4 Å². The Labute approximate surface area is 152 Å². The van der Waals surface area contributed by atoms with Gasteiger partial charge < -0.3 is 20.1 Å². The summed E-state index contributed by atoms with van der Waals surface area (Å²) in [6.45, 7) is 5.40. The molecule has 0 bridgehead atoms. The van der Waals surface area contributed by atoms with Crippen LogP contribution in [-0.4, -0.2) is 62.5 Å². The molecule has 8 heteroatoms. The molecule has 0 spiro atoms. The van der Waals surface area contributed by atoms with Crippen molar-refractivity contribution in [2.24, 2.45) is 0 Å². The fraction of sp³-hybridized carbons (Fsp3) is 0.500. The predicted octanol–water partition coefficient (Wildman–Crippen LogP) is 2.14. The van der Waals surface area contributed by atoms with Crippen molar-refractivity contribution in [2.75, 3.05) is 51.8 Å². The summed E-state index contributed by atoms with van der Waals surface area (Å²) < 4.78 is 10.0. The summed E-state index contributed by atoms with van der Waals surface area (Å²) >= 11 is 11.3. The molecule has 1 fully saturated rings. The summed E-state index contributed by atoms with van der Waals surface area (Å²) in [5, 5.41) is 7.06. The van der Waals surface area contributed by atoms with E-state index < -0.39 is 5.97 Å². The second kappa shape index (κ2) is 9.78. The molecule has 2 rings (SSSR count). The van der Waals surface area contributed by atoms with E-state index in [0.717, 1.165) is 45.8 Å². The highest BCUT2D eigenvalue weighted by atomic mass is 35.5. The Morgan fingerprint density at radius 3 is 2.88 bits per heavy atom. The molecule has 1 aliphatic heterocycles. The number of hydrogen-bond donors (Lipinski definition) is 2. The Morgan fingerprint density at radius 2 is 2.17 bits per heavy atom. The Kier molecular flexibility index (Phi) is 7.71. The number of hydrogen-bond acceptors (Lipinski definition) is 5. The van der Waals surface area contributed by atoms with Crippen LogP contribution in [0.2, 0.25) is 5.02 Å². The minimum atomic E-state index is -0.479. The number of carbonyl (C=O) groups is 1. The van der Waals surface area contributed by atoms with Crippen LogP contribution in [0, 0.1) is 0 Å². The number of benzene rings is 1. The Balaban J connectivity index is 1.74. The van der Waals surface area contributed by atoms with Crippen LogP contribution in [0.1, 0.15) is 16.8 Å². The van der Waals surface area contributed by atoms with Crippen LogP contribution < -0.4 is 10.6 Å². The van der Waals surface area contributed by atoms with Crippen molar-refractivity contribution in [3.05, 3.63) is 28.8 Å². The van der Waals surface area contributed by atoms with Crippen LogP contribution in [0.4, 0.5) is 5.69 Å². The lowest BCUT2D eigenvalue weighted by molar-refractivity contribution is 0.0376. The van der Waals surface area contributed by atoms with Gasteiger partial charge in [0.05, 0.1) is 30.9 Å². The van der Waals surface area contributed by atoms with Crippen molar-refractivity contribution in [1.29, 1.82) is 0 Å². The smallest absolute Gasteiger partial charge is 0.339 e. The number of carbonyl (C=O) groups excluding carboxylic acids is 1. The van der Waals surface area contributed by atoms with E-state index in [2.05, 4.69) is 15.5 Å². The molecule has 0 aliphatic carbocycles. The number of nitrogens with one attached hydrogen (secondary N) is 2. The van der Waals surface area contributed by atoms with E-state index in [1.165, 1.54) is 7.11 Å². The topological polar surface area (TPSA) is 62.8 Å². The SMILES string of the molecule is COC(=O)c1cc(NC(=S)NCCCN2CCOCC2)ccc1Cl. The van der Waals surface area contributed by atoms with E-state index in [1.807, 2.05) is 0 Å². The van der Waals surface area contributed by atoms with E-state index in [-0.39, 0.29) is 0 Å². The highest BCUT2D eigenvalue weighted by Crippen LogP contribution is 2.21. The lowest BCUT2D eigenvalue weighted by atomic mass is 10.2. The zero-order chi connectivity index (χ0) is 17.4. The number of rotatable bonds is 6. The zero-order valence-electron chi connectivity index (χ0n) is 13.6. The molecule has 1 heterocycles. The molecule has 0 amide bonds. The first-order valence-corrected chi connectivity index (χ1v) is 8.61. The molecule has 1 aliphatic rings. The quantitative estimate of drug-likeness (QED) is 0.451. The van der Waals surface area contributed by atoms with Crippen LogP contribution in [0.5, 0.6) is 0 Å². The fourth-order valence-electron chi connectivity index (χ4n) is 2.37. The molecule has 0 aromatic heterocycles. The molecule has 0 unspecified atom stereocenters. The van der Waals surface area contributed by atoms with Crippen molar-refractivity contribution in [3.8, 4) is 0 Å². The summed E-state index contributed by atoms with van der Waals surface area (Å²) in [5.74, 6) is -0.479. The Morgan fingerprint density at radius 1 is 1.42 bits per heavy atom. The van der Waals surface area contributed by atoms with Crippen molar-refractivity contribution in [2.45, 2.75) is 6.42 Å². The van der Waals surface area contributed by atoms with Gasteiger partial charge in [-0.1, -0.05) is 11.6 Å². The molecule has 0 radical (unpaired) electrons. The number of halogens is 1. The van der Waals surface area contributed by atoms with Crippen LogP contribution in [0.25, 0.3) is 0 Å². The van der Waals surface area contributed by atoms with Gasteiger partial charge >= 0.3 is 5.97 Å². The van der Waals surface area contributed by atoms with Crippen molar-refractivity contribution >= 4 is 40.6 Å². The van der Waals surface area contributed by atoms with Gasteiger partial charge in [0, 0.05) is 25.3 Å². The second-order valence-electron chi connectivity index (χ2n) is 5.37. The second-order valence-corrected chi connectivity index (χ2v) is 6.19. The lowest BCUT2D eigenvalue weighted by Gasteiger charge is -2.26. The molecule has 24 heavy (non-hydrogen) atoms. The van der Waals surface area contributed by atoms with E-state index >= 15 is 0 Å². The van der Waals surface area contributed by atoms with Crippen LogP contribution >= 0.6 is 23.8 Å². The van der Waals surface area contributed by atoms with Gasteiger partial charge in [0.1, 0.15) is 0 Å². The first-order chi connectivity index (χ1) is 11.6. The number of methoxy groups -OCH3 is 1. The Bertz CT molecular complexity index is 580. The standard InChI is InChI=1S/C16H22ClN3O3S/c1-22-15(21)13-11-12(3-4-14(13)17)19-16(24)18-5-2-6-20-7-9-23-10-8-20/h3-4,11H,2,5-10H2,1H3,(H2,18,19,24). The first kappa shape index (κ1) is 18.9. The van der Waals surface area contributed by atoms with Crippen molar-refractivity contribution in [3.63, 3.8) is 0 Å². The predicted molar refractivity (Wildman–Crippen MR) is 98.9 cm³/mol. The largest absolute Gasteiger partial charge is 0.465 e. The van der Waals surface area contributed by atoms with E-state index in [1.54, 1.807) is 18.2 Å². The van der Waals surface area contributed by atoms with Gasteiger partial charge in [0.2, 0.25) is 0 Å². The molecule has 2 N–H and O–H groups in total. The highest BCUT2D eigenvalue weighted by Gasteiger charge is 2.12. The summed E-state index contributed by atoms with van der Waals surface area (Å²) in [7, 11) is 1.32. The third-order valence-corrected chi connectivity index (χ3v) is 4.25. The summed E-state index contributed by atoms with van der Waals surface area (Å²) in [6.07, 6.45) is 0.996. The maximum atomic E-state index is 11.6. The molecular formula is C16H22ClN3O3S. The van der Waals surface area contributed by atoms with Gasteiger partial charge in [-0.05, 0) is 43.4 Å². The van der Waals surface area contributed by atoms with Gasteiger partial charge in [-0.2, -0.15) is 0 Å². The first-order valence-electron chi connectivity index (χ1n) is 7.83. The molecule has 0 atom stereocenters. The summed E-state index contributed by atoms with van der Waals surface area (Å²) in [5.41, 5.74) is 0.991. The fourth-order valence-corrected chi connectivity index (χ4v) is 2.79. The number of thiocarbonyl (C=S) groups is 1. The minimum Gasteiger partial charge on any atom is -0.465 e. The summed E-state index contributed by atoms with van der Waals surface area (Å²) in [6, 6.07) is 5.02. The number of ether oxygens (including phenoxy) is 2. The molecular weight excluding hydrogens is 350 g/mol. The number of morpholine rings is 1. The van der Waals surface area contributed by atoms with Crippen molar-refractivity contribution in [1.82, 2.24) is 10.2 Å². The summed E-state index contributed by atoms with van der Waals surface area (Å²) in [4.78, 5) is 14.0. The van der Waals surface area contributed by atoms with Crippen LogP contribution in [0.15, 0.2) is 18.2 Å². The van der Waals surface area contributed by atoms with Crippen molar-refractivity contribution < 1.29 is 14.3 Å². The minimum absolute atomic E-state index is 0.305. The van der Waals surface area contributed by atoms with Gasteiger partial charge in [0.15, 0.2) is 5.11 Å². The number of esters is 1.